The van der Waals surface area contributed by atoms with E-state index < -0.39 is 11.4 Å². The third-order valence-electron chi connectivity index (χ3n) is 4.15. The van der Waals surface area contributed by atoms with Crippen LogP contribution in [0.2, 0.25) is 5.02 Å². The second kappa shape index (κ2) is 6.48. The molecule has 2 rings (SSSR count). The van der Waals surface area contributed by atoms with E-state index in [2.05, 4.69) is 0 Å². The summed E-state index contributed by atoms with van der Waals surface area (Å²) in [6, 6.07) is 6.72. The van der Waals surface area contributed by atoms with Crippen molar-refractivity contribution in [3.63, 3.8) is 0 Å². The zero-order valence-corrected chi connectivity index (χ0v) is 12.9. The molecule has 1 saturated carbocycles. The number of halogens is 1. The first-order valence-electron chi connectivity index (χ1n) is 7.22. The van der Waals surface area contributed by atoms with E-state index >= 15 is 0 Å². The van der Waals surface area contributed by atoms with Gasteiger partial charge in [0.1, 0.15) is 6.54 Å². The maximum absolute atomic E-state index is 12.9. The molecule has 1 fully saturated rings. The van der Waals surface area contributed by atoms with E-state index in [9.17, 15) is 9.59 Å². The fourth-order valence-corrected chi connectivity index (χ4v) is 3.03. The summed E-state index contributed by atoms with van der Waals surface area (Å²) >= 11 is 5.86. The quantitative estimate of drug-likeness (QED) is 0.922. The van der Waals surface area contributed by atoms with Crippen LogP contribution in [0.3, 0.4) is 0 Å². The first-order chi connectivity index (χ1) is 9.92. The van der Waals surface area contributed by atoms with Crippen LogP contribution in [-0.4, -0.2) is 23.5 Å². The SMILES string of the molecule is CC1(C(=O)N(CC(=O)O)c2ccc(Cl)cc2)CCCCC1. The van der Waals surface area contributed by atoms with Gasteiger partial charge >= 0.3 is 5.97 Å². The van der Waals surface area contributed by atoms with Crippen molar-refractivity contribution in [1.29, 1.82) is 0 Å². The summed E-state index contributed by atoms with van der Waals surface area (Å²) in [6.45, 7) is 1.62. The molecular weight excluding hydrogens is 290 g/mol. The highest BCUT2D eigenvalue weighted by atomic mass is 35.5. The summed E-state index contributed by atoms with van der Waals surface area (Å²) in [5.74, 6) is -1.12. The van der Waals surface area contributed by atoms with E-state index in [0.29, 0.717) is 10.7 Å². The number of carboxylic acid groups (broad SMARTS) is 1. The largest absolute Gasteiger partial charge is 0.480 e. The zero-order valence-electron chi connectivity index (χ0n) is 12.1. The highest BCUT2D eigenvalue weighted by Gasteiger charge is 2.38. The Hall–Kier alpha value is -1.55. The number of benzene rings is 1. The normalized spacial score (nSPS) is 17.2. The van der Waals surface area contributed by atoms with Gasteiger partial charge in [-0.2, -0.15) is 0 Å². The number of carboxylic acids is 1. The molecule has 0 bridgehead atoms. The van der Waals surface area contributed by atoms with Crippen LogP contribution in [0.4, 0.5) is 5.69 Å². The Labute approximate surface area is 129 Å². The summed E-state index contributed by atoms with van der Waals surface area (Å²) in [6.07, 6.45) is 4.81. The molecule has 5 heteroatoms. The Bertz CT molecular complexity index is 521. The molecule has 4 nitrogen and oxygen atoms in total. The first-order valence-corrected chi connectivity index (χ1v) is 7.59. The Morgan fingerprint density at radius 2 is 1.76 bits per heavy atom. The molecule has 1 aromatic carbocycles. The lowest BCUT2D eigenvalue weighted by atomic mass is 9.74. The Balaban J connectivity index is 2.28. The first kappa shape index (κ1) is 15.8. The number of hydrogen-bond acceptors (Lipinski definition) is 2. The molecule has 1 aliphatic rings. The number of aliphatic carboxylic acids is 1. The monoisotopic (exact) mass is 309 g/mol. The summed E-state index contributed by atoms with van der Waals surface area (Å²) in [5, 5.41) is 9.67. The number of rotatable bonds is 4. The maximum Gasteiger partial charge on any atom is 0.323 e. The summed E-state index contributed by atoms with van der Waals surface area (Å²) in [7, 11) is 0. The standard InChI is InChI=1S/C16H20ClNO3/c1-16(9-3-2-4-10-16)15(21)18(11-14(19)20)13-7-5-12(17)6-8-13/h5-8H,2-4,9-11H2,1H3,(H,19,20). The van der Waals surface area contributed by atoms with E-state index in [1.54, 1.807) is 24.3 Å². The molecule has 1 N–H and O–H groups in total. The van der Waals surface area contributed by atoms with Crippen molar-refractivity contribution in [3.05, 3.63) is 29.3 Å². The fourth-order valence-electron chi connectivity index (χ4n) is 2.91. The number of carbonyl (C=O) groups is 2. The van der Waals surface area contributed by atoms with Crippen molar-refractivity contribution < 1.29 is 14.7 Å². The zero-order chi connectivity index (χ0) is 15.5. The fraction of sp³-hybridized carbons (Fsp3) is 0.500. The van der Waals surface area contributed by atoms with E-state index in [-0.39, 0.29) is 12.5 Å². The van der Waals surface area contributed by atoms with Gasteiger partial charge in [-0.3, -0.25) is 9.59 Å². The molecule has 1 aromatic rings. The molecule has 114 valence electrons. The lowest BCUT2D eigenvalue weighted by Crippen LogP contribution is -2.45. The van der Waals surface area contributed by atoms with Crippen LogP contribution in [0.1, 0.15) is 39.0 Å². The third kappa shape index (κ3) is 3.76. The van der Waals surface area contributed by atoms with Crippen molar-refractivity contribution in [2.24, 2.45) is 5.41 Å². The van der Waals surface area contributed by atoms with Gasteiger partial charge in [0.25, 0.3) is 0 Å². The van der Waals surface area contributed by atoms with Gasteiger partial charge in [-0.1, -0.05) is 37.8 Å². The lowest BCUT2D eigenvalue weighted by Gasteiger charge is -2.36. The summed E-state index contributed by atoms with van der Waals surface area (Å²) in [5.41, 5.74) is 0.117. The van der Waals surface area contributed by atoms with Gasteiger partial charge in [-0.05, 0) is 37.1 Å². The molecule has 0 aromatic heterocycles. The highest BCUT2D eigenvalue weighted by Crippen LogP contribution is 2.38. The van der Waals surface area contributed by atoms with Crippen LogP contribution >= 0.6 is 11.6 Å². The van der Waals surface area contributed by atoms with Crippen molar-refractivity contribution >= 4 is 29.2 Å². The van der Waals surface area contributed by atoms with Gasteiger partial charge in [-0.15, -0.1) is 0 Å². The van der Waals surface area contributed by atoms with Crippen molar-refractivity contribution in [2.75, 3.05) is 11.4 Å². The maximum atomic E-state index is 12.9. The molecule has 1 amide bonds. The van der Waals surface area contributed by atoms with Crippen LogP contribution < -0.4 is 4.90 Å². The number of hydrogen-bond donors (Lipinski definition) is 1. The lowest BCUT2D eigenvalue weighted by molar-refractivity contribution is -0.138. The number of amides is 1. The molecule has 0 saturated heterocycles. The second-order valence-corrected chi connectivity index (χ2v) is 6.32. The summed E-state index contributed by atoms with van der Waals surface area (Å²) in [4.78, 5) is 25.4. The molecule has 0 spiro atoms. The van der Waals surface area contributed by atoms with E-state index in [1.165, 1.54) is 4.90 Å². The van der Waals surface area contributed by atoms with Gasteiger partial charge in [-0.25, -0.2) is 0 Å². The number of anilines is 1. The Kier molecular flexibility index (Phi) is 4.88. The predicted molar refractivity (Wildman–Crippen MR) is 82.6 cm³/mol. The van der Waals surface area contributed by atoms with Gasteiger partial charge < -0.3 is 10.0 Å². The van der Waals surface area contributed by atoms with Crippen LogP contribution in [-0.2, 0) is 9.59 Å². The van der Waals surface area contributed by atoms with E-state index in [4.69, 9.17) is 16.7 Å². The Morgan fingerprint density at radius 3 is 2.29 bits per heavy atom. The number of carbonyl (C=O) groups excluding carboxylic acids is 1. The van der Waals surface area contributed by atoms with Crippen LogP contribution in [0, 0.1) is 5.41 Å². The van der Waals surface area contributed by atoms with Gasteiger partial charge in [0.15, 0.2) is 0 Å². The molecular formula is C16H20ClNO3. The predicted octanol–water partition coefficient (Wildman–Crippen LogP) is 3.73. The molecule has 0 heterocycles. The average molecular weight is 310 g/mol. The van der Waals surface area contributed by atoms with Crippen LogP contribution in [0.25, 0.3) is 0 Å². The van der Waals surface area contributed by atoms with Crippen molar-refractivity contribution in [2.45, 2.75) is 39.0 Å². The van der Waals surface area contributed by atoms with E-state index in [1.807, 2.05) is 6.92 Å². The minimum absolute atomic E-state index is 0.105. The molecule has 0 unspecified atom stereocenters. The van der Waals surface area contributed by atoms with Crippen molar-refractivity contribution in [3.8, 4) is 0 Å². The second-order valence-electron chi connectivity index (χ2n) is 5.88. The molecule has 0 aliphatic heterocycles. The summed E-state index contributed by atoms with van der Waals surface area (Å²) < 4.78 is 0. The van der Waals surface area contributed by atoms with Crippen LogP contribution in [0.15, 0.2) is 24.3 Å². The average Bonchev–Trinajstić information content (AvgIpc) is 2.46. The molecule has 1 aliphatic carbocycles. The van der Waals surface area contributed by atoms with Crippen molar-refractivity contribution in [1.82, 2.24) is 0 Å². The minimum Gasteiger partial charge on any atom is -0.480 e. The minimum atomic E-state index is -1.02. The van der Waals surface area contributed by atoms with Gasteiger partial charge in [0.2, 0.25) is 5.91 Å². The number of nitrogens with zero attached hydrogens (tertiary/aromatic N) is 1. The smallest absolute Gasteiger partial charge is 0.323 e. The van der Waals surface area contributed by atoms with E-state index in [0.717, 1.165) is 32.1 Å². The van der Waals surface area contributed by atoms with Gasteiger partial charge in [0.05, 0.1) is 0 Å². The molecule has 21 heavy (non-hydrogen) atoms. The molecule has 0 radical (unpaired) electrons. The Morgan fingerprint density at radius 1 is 1.19 bits per heavy atom. The third-order valence-corrected chi connectivity index (χ3v) is 4.40. The van der Waals surface area contributed by atoms with Gasteiger partial charge in [0, 0.05) is 16.1 Å². The molecule has 0 atom stereocenters. The van der Waals surface area contributed by atoms with Crippen LogP contribution in [0.5, 0.6) is 0 Å². The topological polar surface area (TPSA) is 57.6 Å². The highest BCUT2D eigenvalue weighted by molar-refractivity contribution is 6.30.